The van der Waals surface area contributed by atoms with Gasteiger partial charge in [0.05, 0.1) is 12.0 Å². The van der Waals surface area contributed by atoms with Crippen molar-refractivity contribution in [1.29, 1.82) is 0 Å². The monoisotopic (exact) mass is 411 g/mol. The first-order valence-electron chi connectivity index (χ1n) is 9.95. The Bertz CT molecular complexity index is 948. The van der Waals surface area contributed by atoms with Gasteiger partial charge in [0.1, 0.15) is 0 Å². The molecule has 0 atom stereocenters. The molecule has 0 saturated carbocycles. The molecule has 1 fully saturated rings. The van der Waals surface area contributed by atoms with Crippen LogP contribution in [-0.4, -0.2) is 39.5 Å². The van der Waals surface area contributed by atoms with Gasteiger partial charge in [-0.2, -0.15) is 0 Å². The maximum absolute atomic E-state index is 12.4. The van der Waals surface area contributed by atoms with E-state index in [1.54, 1.807) is 6.26 Å². The van der Waals surface area contributed by atoms with Crippen LogP contribution in [0.1, 0.15) is 25.3 Å². The molecule has 1 aromatic carbocycles. The van der Waals surface area contributed by atoms with Gasteiger partial charge in [-0.15, -0.1) is 10.2 Å². The minimum Gasteiger partial charge on any atom is -0.461 e. The van der Waals surface area contributed by atoms with E-state index < -0.39 is 0 Å². The van der Waals surface area contributed by atoms with Gasteiger partial charge in [0.15, 0.2) is 16.7 Å². The van der Waals surface area contributed by atoms with E-state index in [-0.39, 0.29) is 5.91 Å². The number of aromatic nitrogens is 3. The highest BCUT2D eigenvalue weighted by atomic mass is 32.2. The van der Waals surface area contributed by atoms with Crippen molar-refractivity contribution in [3.8, 4) is 11.6 Å². The number of hydrogen-bond acceptors (Lipinski definition) is 6. The van der Waals surface area contributed by atoms with Crippen molar-refractivity contribution in [2.75, 3.05) is 23.7 Å². The molecule has 8 heteroatoms. The Kier molecular flexibility index (Phi) is 6.19. The number of carbonyl (C=O) groups is 1. The Balaban J connectivity index is 1.35. The highest BCUT2D eigenvalue weighted by Gasteiger charge is 2.17. The van der Waals surface area contributed by atoms with Crippen molar-refractivity contribution in [2.45, 2.75) is 38.0 Å². The molecule has 0 aliphatic carbocycles. The number of thioether (sulfide) groups is 1. The molecule has 1 aliphatic rings. The lowest BCUT2D eigenvalue weighted by atomic mass is 10.1. The molecule has 4 rings (SSSR count). The predicted molar refractivity (Wildman–Crippen MR) is 114 cm³/mol. The Morgan fingerprint density at radius 3 is 2.76 bits per heavy atom. The van der Waals surface area contributed by atoms with Crippen LogP contribution >= 0.6 is 11.8 Å². The summed E-state index contributed by atoms with van der Waals surface area (Å²) in [5.41, 5.74) is 2.39. The molecular formula is C21H25N5O2S. The molecule has 0 spiro atoms. The van der Waals surface area contributed by atoms with Crippen LogP contribution in [0.4, 0.5) is 5.69 Å². The van der Waals surface area contributed by atoms with E-state index in [4.69, 9.17) is 4.42 Å². The minimum atomic E-state index is -0.0172. The summed E-state index contributed by atoms with van der Waals surface area (Å²) in [4.78, 5) is 14.8. The van der Waals surface area contributed by atoms with Crippen molar-refractivity contribution >= 4 is 23.4 Å². The maximum Gasteiger partial charge on any atom is 0.230 e. The van der Waals surface area contributed by atoms with Gasteiger partial charge in [0.25, 0.3) is 0 Å². The molecule has 2 aromatic heterocycles. The van der Waals surface area contributed by atoms with E-state index in [1.165, 1.54) is 30.3 Å². The summed E-state index contributed by atoms with van der Waals surface area (Å²) in [7, 11) is 0. The summed E-state index contributed by atoms with van der Waals surface area (Å²) in [5.74, 6) is 1.63. The van der Waals surface area contributed by atoms with E-state index in [0.717, 1.165) is 18.7 Å². The van der Waals surface area contributed by atoms with Crippen molar-refractivity contribution in [2.24, 2.45) is 0 Å². The summed E-state index contributed by atoms with van der Waals surface area (Å²) in [6.07, 6.45) is 4.08. The lowest BCUT2D eigenvalue weighted by molar-refractivity contribution is -0.118. The zero-order valence-electron chi connectivity index (χ0n) is 16.5. The van der Waals surface area contributed by atoms with E-state index in [9.17, 15) is 4.79 Å². The topological polar surface area (TPSA) is 76.2 Å². The predicted octanol–water partition coefficient (Wildman–Crippen LogP) is 3.57. The first-order valence-corrected chi connectivity index (χ1v) is 10.9. The Labute approximate surface area is 174 Å². The number of benzene rings is 1. The van der Waals surface area contributed by atoms with Crippen molar-refractivity contribution in [3.63, 3.8) is 0 Å². The SMILES string of the molecule is CCn1c(SCC(=O)NCc2ccccc2N2CCCC2)nnc1-c1ccco1. The Morgan fingerprint density at radius 2 is 2.00 bits per heavy atom. The number of amides is 1. The van der Waals surface area contributed by atoms with Gasteiger partial charge in [0.2, 0.25) is 5.91 Å². The van der Waals surface area contributed by atoms with E-state index in [0.29, 0.717) is 35.6 Å². The third-order valence-electron chi connectivity index (χ3n) is 5.02. The Morgan fingerprint density at radius 1 is 1.17 bits per heavy atom. The fourth-order valence-corrected chi connectivity index (χ4v) is 4.40. The third kappa shape index (κ3) is 4.48. The second kappa shape index (κ2) is 9.17. The lowest BCUT2D eigenvalue weighted by Crippen LogP contribution is -2.27. The number of anilines is 1. The minimum absolute atomic E-state index is 0.0172. The normalized spacial score (nSPS) is 13.8. The number of hydrogen-bond donors (Lipinski definition) is 1. The van der Waals surface area contributed by atoms with Gasteiger partial charge in [-0.1, -0.05) is 30.0 Å². The second-order valence-electron chi connectivity index (χ2n) is 6.92. The van der Waals surface area contributed by atoms with Crippen LogP contribution in [0.3, 0.4) is 0 Å². The van der Waals surface area contributed by atoms with Crippen LogP contribution in [0.2, 0.25) is 0 Å². The largest absolute Gasteiger partial charge is 0.461 e. The number of nitrogens with zero attached hydrogens (tertiary/aromatic N) is 4. The molecule has 0 unspecified atom stereocenters. The molecule has 3 heterocycles. The zero-order valence-corrected chi connectivity index (χ0v) is 17.3. The molecule has 1 saturated heterocycles. The summed E-state index contributed by atoms with van der Waals surface area (Å²) in [6, 6.07) is 12.0. The molecule has 29 heavy (non-hydrogen) atoms. The molecule has 7 nitrogen and oxygen atoms in total. The van der Waals surface area contributed by atoms with Gasteiger partial charge in [-0.3, -0.25) is 9.36 Å². The van der Waals surface area contributed by atoms with E-state index in [1.807, 2.05) is 29.7 Å². The van der Waals surface area contributed by atoms with Gasteiger partial charge >= 0.3 is 0 Å². The van der Waals surface area contributed by atoms with Gasteiger partial charge in [-0.05, 0) is 43.5 Å². The molecule has 152 valence electrons. The first-order chi connectivity index (χ1) is 14.3. The van der Waals surface area contributed by atoms with Crippen LogP contribution in [0.15, 0.2) is 52.2 Å². The quantitative estimate of drug-likeness (QED) is 0.571. The summed E-state index contributed by atoms with van der Waals surface area (Å²) >= 11 is 1.39. The smallest absolute Gasteiger partial charge is 0.230 e. The van der Waals surface area contributed by atoms with Gasteiger partial charge in [0, 0.05) is 31.9 Å². The molecule has 3 aromatic rings. The average molecular weight is 412 g/mol. The van der Waals surface area contributed by atoms with Crippen LogP contribution in [0.5, 0.6) is 0 Å². The van der Waals surface area contributed by atoms with Gasteiger partial charge in [-0.25, -0.2) is 0 Å². The zero-order chi connectivity index (χ0) is 20.1. The Hall–Kier alpha value is -2.74. The molecule has 1 N–H and O–H groups in total. The summed E-state index contributed by atoms with van der Waals surface area (Å²) in [5, 5.41) is 12.2. The molecule has 1 aliphatic heterocycles. The molecule has 0 radical (unpaired) electrons. The fraction of sp³-hybridized carbons (Fsp3) is 0.381. The van der Waals surface area contributed by atoms with Crippen LogP contribution in [-0.2, 0) is 17.9 Å². The highest BCUT2D eigenvalue weighted by molar-refractivity contribution is 7.99. The van der Waals surface area contributed by atoms with Gasteiger partial charge < -0.3 is 14.6 Å². The average Bonchev–Trinajstić information content (AvgIpc) is 3.51. The number of carbonyl (C=O) groups excluding carboxylic acids is 1. The van der Waals surface area contributed by atoms with Crippen LogP contribution < -0.4 is 10.2 Å². The molecule has 1 amide bonds. The van der Waals surface area contributed by atoms with Crippen molar-refractivity contribution < 1.29 is 9.21 Å². The lowest BCUT2D eigenvalue weighted by Gasteiger charge is -2.21. The molecular weight excluding hydrogens is 386 g/mol. The first kappa shape index (κ1) is 19.6. The highest BCUT2D eigenvalue weighted by Crippen LogP contribution is 2.25. The fourth-order valence-electron chi connectivity index (χ4n) is 3.57. The number of rotatable bonds is 8. The van der Waals surface area contributed by atoms with E-state index in [2.05, 4.69) is 38.6 Å². The van der Waals surface area contributed by atoms with Crippen LogP contribution in [0.25, 0.3) is 11.6 Å². The number of nitrogens with one attached hydrogen (secondary N) is 1. The van der Waals surface area contributed by atoms with E-state index >= 15 is 0 Å². The third-order valence-corrected chi connectivity index (χ3v) is 5.99. The summed E-state index contributed by atoms with van der Waals surface area (Å²) in [6.45, 7) is 5.44. The molecule has 0 bridgehead atoms. The summed E-state index contributed by atoms with van der Waals surface area (Å²) < 4.78 is 7.38. The van der Waals surface area contributed by atoms with Crippen molar-refractivity contribution in [3.05, 3.63) is 48.2 Å². The number of para-hydroxylation sites is 1. The second-order valence-corrected chi connectivity index (χ2v) is 7.86. The van der Waals surface area contributed by atoms with Crippen molar-refractivity contribution in [1.82, 2.24) is 20.1 Å². The standard InChI is InChI=1S/C21H25N5O2S/c1-2-26-20(18-10-7-13-28-18)23-24-21(26)29-15-19(27)22-14-16-8-3-4-9-17(16)25-11-5-6-12-25/h3-4,7-10,13H,2,5-6,11-12,14-15H2,1H3,(H,22,27). The number of furan rings is 1. The maximum atomic E-state index is 12.4. The van der Waals surface area contributed by atoms with Crippen LogP contribution in [0, 0.1) is 0 Å².